The van der Waals surface area contributed by atoms with E-state index in [9.17, 15) is 9.59 Å². The van der Waals surface area contributed by atoms with Gasteiger partial charge in [0.15, 0.2) is 0 Å². The number of H-pyrrole nitrogens is 1. The summed E-state index contributed by atoms with van der Waals surface area (Å²) in [6.07, 6.45) is 6.17. The molecular weight excluding hydrogens is 470 g/mol. The van der Waals surface area contributed by atoms with Crippen LogP contribution in [0.4, 0.5) is 0 Å². The number of fused-ring (bicyclic) bond motifs is 1. The maximum Gasteiger partial charge on any atom is 0.255 e. The van der Waals surface area contributed by atoms with Crippen LogP contribution in [0.3, 0.4) is 0 Å². The Labute approximate surface area is 216 Å². The molecule has 5 rings (SSSR count). The van der Waals surface area contributed by atoms with Crippen molar-refractivity contribution in [2.75, 3.05) is 13.2 Å². The number of nitrogens with zero attached hydrogens (tertiary/aromatic N) is 2. The fourth-order valence-corrected chi connectivity index (χ4v) is 5.31. The highest BCUT2D eigenvalue weighted by molar-refractivity contribution is 6.09. The summed E-state index contributed by atoms with van der Waals surface area (Å²) >= 11 is 0. The van der Waals surface area contributed by atoms with Crippen LogP contribution in [0.25, 0.3) is 22.3 Å². The van der Waals surface area contributed by atoms with Crippen molar-refractivity contribution < 1.29 is 19.4 Å². The van der Waals surface area contributed by atoms with E-state index in [1.54, 1.807) is 0 Å². The Morgan fingerprint density at radius 2 is 1.95 bits per heavy atom. The number of amides is 2. The van der Waals surface area contributed by atoms with Crippen LogP contribution in [0.1, 0.15) is 60.6 Å². The van der Waals surface area contributed by atoms with E-state index in [0.29, 0.717) is 23.6 Å². The Hall–Kier alpha value is -3.46. The van der Waals surface area contributed by atoms with Gasteiger partial charge in [-0.1, -0.05) is 18.6 Å². The first-order valence-corrected chi connectivity index (χ1v) is 13.1. The molecule has 0 bridgehead atoms. The van der Waals surface area contributed by atoms with Crippen molar-refractivity contribution in [3.8, 4) is 17.0 Å². The first-order chi connectivity index (χ1) is 17.8. The Morgan fingerprint density at radius 3 is 2.68 bits per heavy atom. The van der Waals surface area contributed by atoms with Crippen molar-refractivity contribution in [2.24, 2.45) is 11.8 Å². The maximum atomic E-state index is 13.5. The van der Waals surface area contributed by atoms with Gasteiger partial charge in [0.25, 0.3) is 5.91 Å². The molecule has 3 atom stereocenters. The van der Waals surface area contributed by atoms with Crippen LogP contribution in [-0.2, 0) is 4.79 Å². The van der Waals surface area contributed by atoms with Crippen molar-refractivity contribution in [1.82, 2.24) is 25.6 Å². The zero-order chi connectivity index (χ0) is 26.1. The number of aliphatic hydroxyl groups is 1. The molecule has 2 saturated carbocycles. The van der Waals surface area contributed by atoms with Gasteiger partial charge in [-0.15, -0.1) is 0 Å². The number of rotatable bonds is 8. The second-order valence-electron chi connectivity index (χ2n) is 10.6. The number of hydrogen-bond donors (Lipinski definition) is 4. The molecule has 2 aliphatic carbocycles. The zero-order valence-corrected chi connectivity index (χ0v) is 21.6. The van der Waals surface area contributed by atoms with Gasteiger partial charge >= 0.3 is 0 Å². The monoisotopic (exact) mass is 505 g/mol. The van der Waals surface area contributed by atoms with Crippen LogP contribution in [0.5, 0.6) is 5.75 Å². The SMILES string of the molecule is Cc1ccc(OCC2CC2)c(-c2ncnc3c(C(=O)N[C@@H]4CC[C@H](NC(=O)CO)C[C@H]4C)c(C)[nH]c23)c1. The molecule has 196 valence electrons. The van der Waals surface area contributed by atoms with Gasteiger partial charge in [-0.3, -0.25) is 9.59 Å². The molecule has 9 heteroatoms. The standard InChI is InChI=1S/C28H35N5O4/c1-15-4-9-22(37-13-18-5-6-18)20(10-15)25-27-26(30-14-29-25)24(17(3)31-27)28(36)33-21-8-7-19(11-16(21)2)32-23(35)12-34/h4,9-10,14,16,18-19,21,31,34H,5-8,11-13H2,1-3H3,(H,32,35)(H,33,36)/t16-,19+,21-/m1/s1. The van der Waals surface area contributed by atoms with Gasteiger partial charge in [-0.2, -0.15) is 0 Å². The van der Waals surface area contributed by atoms with Gasteiger partial charge in [0.1, 0.15) is 29.9 Å². The minimum absolute atomic E-state index is 0.0126. The average Bonchev–Trinajstić information content (AvgIpc) is 3.64. The number of hydrogen-bond acceptors (Lipinski definition) is 6. The molecule has 0 saturated heterocycles. The van der Waals surface area contributed by atoms with Crippen molar-refractivity contribution in [3.63, 3.8) is 0 Å². The molecule has 37 heavy (non-hydrogen) atoms. The van der Waals surface area contributed by atoms with E-state index in [-0.39, 0.29) is 29.8 Å². The van der Waals surface area contributed by atoms with E-state index in [2.05, 4.69) is 38.6 Å². The quantitative estimate of drug-likeness (QED) is 0.371. The Balaban J connectivity index is 1.39. The number of benzene rings is 1. The van der Waals surface area contributed by atoms with E-state index < -0.39 is 6.61 Å². The summed E-state index contributed by atoms with van der Waals surface area (Å²) in [5, 5.41) is 15.1. The van der Waals surface area contributed by atoms with Crippen molar-refractivity contribution in [2.45, 2.75) is 65.0 Å². The number of carbonyl (C=O) groups excluding carboxylic acids is 2. The van der Waals surface area contributed by atoms with Crippen LogP contribution >= 0.6 is 0 Å². The summed E-state index contributed by atoms with van der Waals surface area (Å²) in [6.45, 7) is 6.19. The third kappa shape index (κ3) is 5.46. The summed E-state index contributed by atoms with van der Waals surface area (Å²) in [7, 11) is 0. The molecule has 4 N–H and O–H groups in total. The van der Waals surface area contributed by atoms with Gasteiger partial charge in [0.2, 0.25) is 5.91 Å². The van der Waals surface area contributed by atoms with Gasteiger partial charge < -0.3 is 25.5 Å². The highest BCUT2D eigenvalue weighted by atomic mass is 16.5. The summed E-state index contributed by atoms with van der Waals surface area (Å²) < 4.78 is 6.16. The highest BCUT2D eigenvalue weighted by Gasteiger charge is 2.31. The maximum absolute atomic E-state index is 13.5. The van der Waals surface area contributed by atoms with Crippen LogP contribution in [0, 0.1) is 25.7 Å². The minimum atomic E-state index is -0.509. The third-order valence-corrected chi connectivity index (χ3v) is 7.55. The number of carbonyl (C=O) groups is 2. The molecule has 3 aromatic rings. The molecule has 2 heterocycles. The van der Waals surface area contributed by atoms with Crippen molar-refractivity contribution >= 4 is 22.8 Å². The largest absolute Gasteiger partial charge is 0.493 e. The van der Waals surface area contributed by atoms with Crippen molar-refractivity contribution in [3.05, 3.63) is 41.3 Å². The predicted molar refractivity (Wildman–Crippen MR) is 140 cm³/mol. The first-order valence-electron chi connectivity index (χ1n) is 13.1. The summed E-state index contributed by atoms with van der Waals surface area (Å²) in [6, 6.07) is 6.09. The van der Waals surface area contributed by atoms with Crippen molar-refractivity contribution in [1.29, 1.82) is 0 Å². The summed E-state index contributed by atoms with van der Waals surface area (Å²) in [5.41, 5.74) is 5.27. The smallest absolute Gasteiger partial charge is 0.255 e. The molecule has 1 aromatic carbocycles. The second kappa shape index (κ2) is 10.5. The van der Waals surface area contributed by atoms with E-state index in [1.807, 2.05) is 26.0 Å². The lowest BCUT2D eigenvalue weighted by Gasteiger charge is -2.35. The zero-order valence-electron chi connectivity index (χ0n) is 21.6. The van der Waals surface area contributed by atoms with E-state index in [0.717, 1.165) is 53.0 Å². The third-order valence-electron chi connectivity index (χ3n) is 7.55. The van der Waals surface area contributed by atoms with Crippen LogP contribution in [0.15, 0.2) is 24.5 Å². The predicted octanol–water partition coefficient (Wildman–Crippen LogP) is 3.43. The lowest BCUT2D eigenvalue weighted by molar-refractivity contribution is -0.124. The number of aromatic amines is 1. The Bertz CT molecular complexity index is 1320. The molecule has 0 radical (unpaired) electrons. The van der Waals surface area contributed by atoms with E-state index >= 15 is 0 Å². The fraction of sp³-hybridized carbons (Fsp3) is 0.500. The molecule has 0 unspecified atom stereocenters. The van der Waals surface area contributed by atoms with Gasteiger partial charge in [0.05, 0.1) is 17.7 Å². The Morgan fingerprint density at radius 1 is 1.14 bits per heavy atom. The molecular formula is C28H35N5O4. The molecule has 2 amide bonds. The lowest BCUT2D eigenvalue weighted by atomic mass is 9.82. The van der Waals surface area contributed by atoms with Gasteiger partial charge in [-0.05, 0) is 69.9 Å². The normalized spacial score (nSPS) is 21.6. The van der Waals surface area contributed by atoms with Gasteiger partial charge in [0, 0.05) is 23.3 Å². The number of ether oxygens (including phenoxy) is 1. The molecule has 2 aliphatic rings. The summed E-state index contributed by atoms with van der Waals surface area (Å²) in [5.74, 6) is 1.06. The molecule has 2 aromatic heterocycles. The second-order valence-corrected chi connectivity index (χ2v) is 10.6. The fourth-order valence-electron chi connectivity index (χ4n) is 5.31. The summed E-state index contributed by atoms with van der Waals surface area (Å²) in [4.78, 5) is 37.5. The number of aryl methyl sites for hydroxylation is 2. The van der Waals surface area contributed by atoms with Gasteiger partial charge in [-0.25, -0.2) is 9.97 Å². The van der Waals surface area contributed by atoms with Crippen LogP contribution in [0.2, 0.25) is 0 Å². The van der Waals surface area contributed by atoms with E-state index in [1.165, 1.54) is 19.2 Å². The number of nitrogens with one attached hydrogen (secondary N) is 3. The topological polar surface area (TPSA) is 129 Å². The highest BCUT2D eigenvalue weighted by Crippen LogP contribution is 2.37. The lowest BCUT2D eigenvalue weighted by Crippen LogP contribution is -2.48. The Kier molecular flexibility index (Phi) is 7.15. The molecule has 2 fully saturated rings. The molecule has 0 spiro atoms. The minimum Gasteiger partial charge on any atom is -0.493 e. The number of aliphatic hydroxyl groups excluding tert-OH is 1. The molecule has 0 aliphatic heterocycles. The van der Waals surface area contributed by atoms with Crippen LogP contribution in [-0.4, -0.2) is 57.2 Å². The van der Waals surface area contributed by atoms with E-state index in [4.69, 9.17) is 9.84 Å². The number of aromatic nitrogens is 3. The first kappa shape index (κ1) is 25.2. The average molecular weight is 506 g/mol. The molecule has 9 nitrogen and oxygen atoms in total. The van der Waals surface area contributed by atoms with Crippen LogP contribution < -0.4 is 15.4 Å².